The standard InChI is InChI=1S/C12H15Cl2NO3/c1-2-8(3-4-16)15-12(18)11-9(14)5-7(13)6-10(11)17/h5-6,8,16-17H,2-4H2,1H3,(H,15,18). The number of phenolic OH excluding ortho intramolecular Hbond substituents is 1. The number of carbonyl (C=O) groups excluding carboxylic acids is 1. The summed E-state index contributed by atoms with van der Waals surface area (Å²) in [5.41, 5.74) is -0.00236. The zero-order valence-electron chi connectivity index (χ0n) is 9.91. The molecule has 1 unspecified atom stereocenters. The first-order valence-corrected chi connectivity index (χ1v) is 6.34. The van der Waals surface area contributed by atoms with Gasteiger partial charge >= 0.3 is 0 Å². The van der Waals surface area contributed by atoms with Crippen LogP contribution in [0, 0.1) is 0 Å². The number of amides is 1. The van der Waals surface area contributed by atoms with Crippen LogP contribution in [0.25, 0.3) is 0 Å². The minimum absolute atomic E-state index is 0.00236. The summed E-state index contributed by atoms with van der Waals surface area (Å²) < 4.78 is 0. The molecule has 0 aromatic heterocycles. The normalized spacial score (nSPS) is 12.2. The summed E-state index contributed by atoms with van der Waals surface area (Å²) in [6.45, 7) is 1.88. The summed E-state index contributed by atoms with van der Waals surface area (Å²) in [6, 6.07) is 2.49. The maximum Gasteiger partial charge on any atom is 0.256 e. The molecule has 0 radical (unpaired) electrons. The second kappa shape index (κ2) is 6.83. The summed E-state index contributed by atoms with van der Waals surface area (Å²) in [6.07, 6.45) is 1.13. The van der Waals surface area contributed by atoms with Gasteiger partial charge < -0.3 is 15.5 Å². The molecule has 4 nitrogen and oxygen atoms in total. The average Bonchev–Trinajstić information content (AvgIpc) is 2.26. The Hall–Kier alpha value is -0.970. The Morgan fingerprint density at radius 1 is 1.44 bits per heavy atom. The van der Waals surface area contributed by atoms with Crippen molar-refractivity contribution in [2.75, 3.05) is 6.61 Å². The first-order valence-electron chi connectivity index (χ1n) is 5.59. The van der Waals surface area contributed by atoms with Crippen molar-refractivity contribution >= 4 is 29.1 Å². The fourth-order valence-electron chi connectivity index (χ4n) is 1.58. The highest BCUT2D eigenvalue weighted by Gasteiger charge is 2.19. The molecule has 1 amide bonds. The number of hydrogen-bond acceptors (Lipinski definition) is 3. The SMILES string of the molecule is CCC(CCO)NC(=O)c1c(O)cc(Cl)cc1Cl. The lowest BCUT2D eigenvalue weighted by atomic mass is 10.1. The van der Waals surface area contributed by atoms with Crippen molar-refractivity contribution in [1.82, 2.24) is 5.32 Å². The minimum Gasteiger partial charge on any atom is -0.507 e. The average molecular weight is 292 g/mol. The Morgan fingerprint density at radius 3 is 2.61 bits per heavy atom. The summed E-state index contributed by atoms with van der Waals surface area (Å²) >= 11 is 11.6. The molecule has 100 valence electrons. The molecule has 6 heteroatoms. The van der Waals surface area contributed by atoms with Gasteiger partial charge in [-0.05, 0) is 25.0 Å². The van der Waals surface area contributed by atoms with Gasteiger partial charge in [0.2, 0.25) is 0 Å². The quantitative estimate of drug-likeness (QED) is 0.781. The number of hydrogen-bond donors (Lipinski definition) is 3. The van der Waals surface area contributed by atoms with Crippen LogP contribution in [0.5, 0.6) is 5.75 Å². The molecular weight excluding hydrogens is 277 g/mol. The van der Waals surface area contributed by atoms with Gasteiger partial charge in [0.1, 0.15) is 5.75 Å². The van der Waals surface area contributed by atoms with Gasteiger partial charge in [-0.2, -0.15) is 0 Å². The molecule has 0 spiro atoms. The Bertz CT molecular complexity index is 414. The van der Waals surface area contributed by atoms with E-state index in [-0.39, 0.29) is 34.0 Å². The Kier molecular flexibility index (Phi) is 5.72. The van der Waals surface area contributed by atoms with Crippen LogP contribution in [0.2, 0.25) is 10.0 Å². The van der Waals surface area contributed by atoms with Crippen molar-refractivity contribution < 1.29 is 15.0 Å². The molecule has 1 rings (SSSR count). The number of aromatic hydroxyl groups is 1. The first kappa shape index (κ1) is 15.1. The van der Waals surface area contributed by atoms with Crippen LogP contribution in [0.1, 0.15) is 30.1 Å². The van der Waals surface area contributed by atoms with Crippen LogP contribution in [0.3, 0.4) is 0 Å². The molecular formula is C12H15Cl2NO3. The number of halogens is 2. The third kappa shape index (κ3) is 3.77. The van der Waals surface area contributed by atoms with Crippen LogP contribution in [0.4, 0.5) is 0 Å². The highest BCUT2D eigenvalue weighted by Crippen LogP contribution is 2.30. The molecule has 1 atom stereocenters. The van der Waals surface area contributed by atoms with E-state index in [1.807, 2.05) is 6.92 Å². The van der Waals surface area contributed by atoms with Crippen LogP contribution in [-0.4, -0.2) is 28.8 Å². The third-order valence-corrected chi connectivity index (χ3v) is 3.08. The molecule has 0 saturated carbocycles. The molecule has 0 aliphatic heterocycles. The van der Waals surface area contributed by atoms with Crippen LogP contribution in [-0.2, 0) is 0 Å². The molecule has 0 saturated heterocycles. The summed E-state index contributed by atoms with van der Waals surface area (Å²) in [7, 11) is 0. The zero-order chi connectivity index (χ0) is 13.7. The number of benzene rings is 1. The van der Waals surface area contributed by atoms with Crippen molar-refractivity contribution in [3.63, 3.8) is 0 Å². The van der Waals surface area contributed by atoms with E-state index in [2.05, 4.69) is 5.32 Å². The van der Waals surface area contributed by atoms with Crippen LogP contribution < -0.4 is 5.32 Å². The lowest BCUT2D eigenvalue weighted by molar-refractivity contribution is 0.0926. The van der Waals surface area contributed by atoms with E-state index >= 15 is 0 Å². The first-order chi connectivity index (χ1) is 8.49. The van der Waals surface area contributed by atoms with Crippen molar-refractivity contribution in [2.24, 2.45) is 0 Å². The van der Waals surface area contributed by atoms with E-state index in [1.54, 1.807) is 0 Å². The highest BCUT2D eigenvalue weighted by molar-refractivity contribution is 6.37. The number of aliphatic hydroxyl groups excluding tert-OH is 1. The van der Waals surface area contributed by atoms with Gasteiger partial charge in [-0.15, -0.1) is 0 Å². The van der Waals surface area contributed by atoms with Crippen molar-refractivity contribution in [2.45, 2.75) is 25.8 Å². The lowest BCUT2D eigenvalue weighted by Crippen LogP contribution is -2.35. The van der Waals surface area contributed by atoms with E-state index in [4.69, 9.17) is 28.3 Å². The van der Waals surface area contributed by atoms with Crippen molar-refractivity contribution in [3.05, 3.63) is 27.7 Å². The van der Waals surface area contributed by atoms with E-state index < -0.39 is 5.91 Å². The molecule has 1 aromatic rings. The Morgan fingerprint density at radius 2 is 2.11 bits per heavy atom. The molecule has 1 aromatic carbocycles. The highest BCUT2D eigenvalue weighted by atomic mass is 35.5. The van der Waals surface area contributed by atoms with Gasteiger partial charge in [0.15, 0.2) is 0 Å². The predicted molar refractivity (Wildman–Crippen MR) is 71.4 cm³/mol. The van der Waals surface area contributed by atoms with Crippen LogP contribution >= 0.6 is 23.2 Å². The van der Waals surface area contributed by atoms with E-state index in [0.29, 0.717) is 12.8 Å². The van der Waals surface area contributed by atoms with Gasteiger partial charge in [-0.1, -0.05) is 30.1 Å². The molecule has 0 aliphatic carbocycles. The number of aliphatic hydroxyl groups is 1. The monoisotopic (exact) mass is 291 g/mol. The number of carbonyl (C=O) groups is 1. The molecule has 0 aliphatic rings. The maximum atomic E-state index is 12.0. The van der Waals surface area contributed by atoms with Crippen molar-refractivity contribution in [1.29, 1.82) is 0 Å². The largest absolute Gasteiger partial charge is 0.507 e. The van der Waals surface area contributed by atoms with Gasteiger partial charge in [0.25, 0.3) is 5.91 Å². The Balaban J connectivity index is 2.90. The lowest BCUT2D eigenvalue weighted by Gasteiger charge is -2.16. The number of phenols is 1. The second-order valence-electron chi connectivity index (χ2n) is 3.87. The predicted octanol–water partition coefficient (Wildman–Crippen LogP) is 2.59. The molecule has 0 heterocycles. The molecule has 3 N–H and O–H groups in total. The summed E-state index contributed by atoms with van der Waals surface area (Å²) in [4.78, 5) is 12.0. The zero-order valence-corrected chi connectivity index (χ0v) is 11.4. The van der Waals surface area contributed by atoms with Gasteiger partial charge in [-0.3, -0.25) is 4.79 Å². The van der Waals surface area contributed by atoms with Gasteiger partial charge in [0.05, 0.1) is 10.6 Å². The second-order valence-corrected chi connectivity index (χ2v) is 4.72. The molecule has 0 fully saturated rings. The molecule has 18 heavy (non-hydrogen) atoms. The smallest absolute Gasteiger partial charge is 0.256 e. The fourth-order valence-corrected chi connectivity index (χ4v) is 2.15. The van der Waals surface area contributed by atoms with E-state index in [9.17, 15) is 9.90 Å². The van der Waals surface area contributed by atoms with E-state index in [1.165, 1.54) is 12.1 Å². The molecule has 0 bridgehead atoms. The minimum atomic E-state index is -0.477. The Labute approximate surface area is 116 Å². The summed E-state index contributed by atoms with van der Waals surface area (Å²) in [5.74, 6) is -0.738. The summed E-state index contributed by atoms with van der Waals surface area (Å²) in [5, 5.41) is 21.6. The van der Waals surface area contributed by atoms with Crippen molar-refractivity contribution in [3.8, 4) is 5.75 Å². The van der Waals surface area contributed by atoms with Gasteiger partial charge in [0, 0.05) is 17.7 Å². The fraction of sp³-hybridized carbons (Fsp3) is 0.417. The number of rotatable bonds is 5. The van der Waals surface area contributed by atoms with E-state index in [0.717, 1.165) is 0 Å². The maximum absolute atomic E-state index is 12.0. The number of nitrogens with one attached hydrogen (secondary N) is 1. The topological polar surface area (TPSA) is 69.6 Å². The van der Waals surface area contributed by atoms with Gasteiger partial charge in [-0.25, -0.2) is 0 Å². The third-order valence-electron chi connectivity index (χ3n) is 2.57. The van der Waals surface area contributed by atoms with Crippen LogP contribution in [0.15, 0.2) is 12.1 Å².